The molecular weight excluding hydrogens is 219 g/mol. The summed E-state index contributed by atoms with van der Waals surface area (Å²) < 4.78 is 0. The first-order valence-corrected chi connectivity index (χ1v) is 5.34. The van der Waals surface area contributed by atoms with E-state index in [-0.39, 0.29) is 5.41 Å². The summed E-state index contributed by atoms with van der Waals surface area (Å²) in [5, 5.41) is 0.940. The van der Waals surface area contributed by atoms with Gasteiger partial charge in [-0.05, 0) is 6.42 Å². The second-order valence-electron chi connectivity index (χ2n) is 4.21. The molecule has 0 amide bonds. The lowest BCUT2D eigenvalue weighted by atomic mass is 9.96. The van der Waals surface area contributed by atoms with Crippen LogP contribution in [-0.4, -0.2) is 9.97 Å². The molecule has 0 aliphatic heterocycles. The van der Waals surface area contributed by atoms with Crippen molar-refractivity contribution < 1.29 is 0 Å². The van der Waals surface area contributed by atoms with Crippen LogP contribution in [0.1, 0.15) is 39.1 Å². The Morgan fingerprint density at radius 3 is 1.79 bits per heavy atom. The maximum atomic E-state index is 6.01. The number of halogens is 2. The van der Waals surface area contributed by atoms with E-state index < -0.39 is 0 Å². The van der Waals surface area contributed by atoms with Gasteiger partial charge in [-0.3, -0.25) is 0 Å². The first-order valence-electron chi connectivity index (χ1n) is 4.58. The molecule has 0 aliphatic rings. The molecule has 0 bridgehead atoms. The maximum absolute atomic E-state index is 6.01. The molecule has 0 aliphatic carbocycles. The topological polar surface area (TPSA) is 25.8 Å². The van der Waals surface area contributed by atoms with Gasteiger partial charge in [0.1, 0.15) is 16.1 Å². The fourth-order valence-corrected chi connectivity index (χ4v) is 1.71. The average Bonchev–Trinajstić information content (AvgIpc) is 2.01. The lowest BCUT2D eigenvalue weighted by Crippen LogP contribution is -2.17. The van der Waals surface area contributed by atoms with E-state index in [4.69, 9.17) is 23.2 Å². The van der Waals surface area contributed by atoms with Crippen molar-refractivity contribution in [2.75, 3.05) is 0 Å². The van der Waals surface area contributed by atoms with Crippen LogP contribution in [0.15, 0.2) is 0 Å². The molecule has 0 radical (unpaired) electrons. The first kappa shape index (κ1) is 11.7. The van der Waals surface area contributed by atoms with Gasteiger partial charge >= 0.3 is 0 Å². The highest BCUT2D eigenvalue weighted by Crippen LogP contribution is 2.26. The normalized spacial score (nSPS) is 11.9. The van der Waals surface area contributed by atoms with E-state index in [9.17, 15) is 0 Å². The Bertz CT molecular complexity index is 319. The highest BCUT2D eigenvalue weighted by Gasteiger charge is 2.20. The molecule has 1 heterocycles. The molecule has 0 saturated carbocycles. The molecule has 1 aromatic rings. The van der Waals surface area contributed by atoms with Crippen LogP contribution in [0, 0.1) is 0 Å². The van der Waals surface area contributed by atoms with Crippen LogP contribution < -0.4 is 0 Å². The van der Waals surface area contributed by atoms with Crippen molar-refractivity contribution in [1.82, 2.24) is 9.97 Å². The van der Waals surface area contributed by atoms with Gasteiger partial charge in [0.05, 0.1) is 0 Å². The molecule has 4 heteroatoms. The third kappa shape index (κ3) is 2.37. The minimum atomic E-state index is -0.125. The van der Waals surface area contributed by atoms with E-state index in [1.807, 2.05) is 27.7 Å². The Morgan fingerprint density at radius 1 is 1.07 bits per heavy atom. The number of aromatic nitrogens is 2. The van der Waals surface area contributed by atoms with E-state index in [1.165, 1.54) is 0 Å². The molecule has 0 spiro atoms. The van der Waals surface area contributed by atoms with Gasteiger partial charge < -0.3 is 0 Å². The van der Waals surface area contributed by atoms with Gasteiger partial charge in [-0.2, -0.15) is 0 Å². The van der Waals surface area contributed by atoms with Crippen molar-refractivity contribution >= 4 is 23.2 Å². The van der Waals surface area contributed by atoms with Gasteiger partial charge in [0.2, 0.25) is 0 Å². The van der Waals surface area contributed by atoms with Gasteiger partial charge in [0.25, 0.3) is 0 Å². The molecule has 1 aromatic heterocycles. The number of rotatable bonds is 1. The van der Waals surface area contributed by atoms with Crippen LogP contribution in [0.25, 0.3) is 0 Å². The van der Waals surface area contributed by atoms with Crippen LogP contribution in [0.5, 0.6) is 0 Å². The Kier molecular flexibility index (Phi) is 3.38. The molecule has 0 saturated heterocycles. The molecule has 78 valence electrons. The Hall–Kier alpha value is -0.340. The fourth-order valence-electron chi connectivity index (χ4n) is 1.06. The molecule has 0 unspecified atom stereocenters. The number of hydrogen-bond acceptors (Lipinski definition) is 2. The highest BCUT2D eigenvalue weighted by atomic mass is 35.5. The second-order valence-corrected chi connectivity index (χ2v) is 4.93. The van der Waals surface area contributed by atoms with E-state index in [0.29, 0.717) is 16.1 Å². The highest BCUT2D eigenvalue weighted by molar-refractivity contribution is 6.34. The molecule has 0 fully saturated rings. The number of nitrogens with zero attached hydrogens (tertiary/aromatic N) is 2. The van der Waals surface area contributed by atoms with Crippen molar-refractivity contribution in [2.45, 2.75) is 39.5 Å². The van der Waals surface area contributed by atoms with E-state index in [1.54, 1.807) is 0 Å². The van der Waals surface area contributed by atoms with Crippen molar-refractivity contribution in [3.05, 3.63) is 21.7 Å². The monoisotopic (exact) mass is 232 g/mol. The average molecular weight is 233 g/mol. The standard InChI is InChI=1S/C10H14Cl2N2/c1-5-6-7(11)13-9(10(2,3)4)14-8(6)12/h5H2,1-4H3. The first-order chi connectivity index (χ1) is 6.36. The maximum Gasteiger partial charge on any atom is 0.137 e. The summed E-state index contributed by atoms with van der Waals surface area (Å²) in [6.07, 6.45) is 0.752. The van der Waals surface area contributed by atoms with Crippen LogP contribution in [0.2, 0.25) is 10.3 Å². The van der Waals surface area contributed by atoms with Crippen molar-refractivity contribution in [3.63, 3.8) is 0 Å². The Labute approximate surface area is 94.7 Å². The molecule has 0 atom stereocenters. The van der Waals surface area contributed by atoms with E-state index >= 15 is 0 Å². The lowest BCUT2D eigenvalue weighted by Gasteiger charge is -2.17. The van der Waals surface area contributed by atoms with Gasteiger partial charge in [-0.25, -0.2) is 9.97 Å². The van der Waals surface area contributed by atoms with Crippen molar-refractivity contribution in [2.24, 2.45) is 0 Å². The van der Waals surface area contributed by atoms with Crippen molar-refractivity contribution in [3.8, 4) is 0 Å². The summed E-state index contributed by atoms with van der Waals surface area (Å²) in [4.78, 5) is 8.49. The third-order valence-electron chi connectivity index (χ3n) is 1.93. The quantitative estimate of drug-likeness (QED) is 0.692. The molecule has 1 rings (SSSR count). The van der Waals surface area contributed by atoms with Gasteiger partial charge in [-0.1, -0.05) is 50.9 Å². The summed E-state index contributed by atoms with van der Waals surface area (Å²) in [5.41, 5.74) is 0.695. The smallest absolute Gasteiger partial charge is 0.137 e. The molecule has 2 nitrogen and oxygen atoms in total. The SMILES string of the molecule is CCc1c(Cl)nc(C(C)(C)C)nc1Cl. The summed E-state index contributed by atoms with van der Waals surface area (Å²) in [6, 6.07) is 0. The zero-order valence-electron chi connectivity index (χ0n) is 8.86. The fraction of sp³-hybridized carbons (Fsp3) is 0.600. The van der Waals surface area contributed by atoms with Gasteiger partial charge in [-0.15, -0.1) is 0 Å². The second kappa shape index (κ2) is 4.03. The van der Waals surface area contributed by atoms with Gasteiger partial charge in [0.15, 0.2) is 0 Å². The largest absolute Gasteiger partial charge is 0.220 e. The summed E-state index contributed by atoms with van der Waals surface area (Å²) in [7, 11) is 0. The molecule has 0 aromatic carbocycles. The predicted octanol–water partition coefficient (Wildman–Crippen LogP) is 3.64. The van der Waals surface area contributed by atoms with Crippen LogP contribution in [0.4, 0.5) is 0 Å². The number of hydrogen-bond donors (Lipinski definition) is 0. The molecular formula is C10H14Cl2N2. The van der Waals surface area contributed by atoms with Crippen LogP contribution in [0.3, 0.4) is 0 Å². The molecule has 0 N–H and O–H groups in total. The zero-order chi connectivity index (χ0) is 10.9. The minimum absolute atomic E-state index is 0.125. The summed E-state index contributed by atoms with van der Waals surface area (Å²) >= 11 is 12.0. The van der Waals surface area contributed by atoms with Gasteiger partial charge in [0, 0.05) is 11.0 Å². The third-order valence-corrected chi connectivity index (χ3v) is 2.56. The van der Waals surface area contributed by atoms with Crippen LogP contribution >= 0.6 is 23.2 Å². The Balaban J connectivity index is 3.28. The lowest BCUT2D eigenvalue weighted by molar-refractivity contribution is 0.544. The predicted molar refractivity (Wildman–Crippen MR) is 60.1 cm³/mol. The molecule has 14 heavy (non-hydrogen) atoms. The Morgan fingerprint density at radius 2 is 1.50 bits per heavy atom. The van der Waals surface area contributed by atoms with Crippen molar-refractivity contribution in [1.29, 1.82) is 0 Å². The zero-order valence-corrected chi connectivity index (χ0v) is 10.4. The minimum Gasteiger partial charge on any atom is -0.220 e. The van der Waals surface area contributed by atoms with E-state index in [0.717, 1.165) is 12.0 Å². The van der Waals surface area contributed by atoms with Crippen LogP contribution in [-0.2, 0) is 11.8 Å². The van der Waals surface area contributed by atoms with E-state index in [2.05, 4.69) is 9.97 Å². The summed E-state index contributed by atoms with van der Waals surface area (Å²) in [5.74, 6) is 0.685. The summed E-state index contributed by atoms with van der Waals surface area (Å²) in [6.45, 7) is 8.06.